The number of nitrogens with zero attached hydrogens (tertiary/aromatic N) is 2. The molecular formula is C12H12ClN3S. The zero-order valence-electron chi connectivity index (χ0n) is 9.19. The third-order valence-corrected chi connectivity index (χ3v) is 3.45. The lowest BCUT2D eigenvalue weighted by Crippen LogP contribution is -2.30. The molecule has 0 unspecified atom stereocenters. The van der Waals surface area contributed by atoms with E-state index < -0.39 is 0 Å². The maximum Gasteiger partial charge on any atom is 0.177 e. The van der Waals surface area contributed by atoms with Gasteiger partial charge in [-0.1, -0.05) is 41.6 Å². The molecule has 0 atom stereocenters. The number of rotatable bonds is 3. The minimum absolute atomic E-state index is 0.461. The molecule has 1 aromatic carbocycles. The van der Waals surface area contributed by atoms with E-state index in [2.05, 4.69) is 11.7 Å². The minimum Gasteiger partial charge on any atom is -0.277 e. The third kappa shape index (κ3) is 2.90. The summed E-state index contributed by atoms with van der Waals surface area (Å²) in [6.45, 7) is 4.22. The first kappa shape index (κ1) is 12.2. The average Bonchev–Trinajstić information content (AvgIpc) is 2.33. The molecule has 1 N–H and O–H groups in total. The van der Waals surface area contributed by atoms with Crippen molar-refractivity contribution in [2.75, 3.05) is 12.3 Å². The van der Waals surface area contributed by atoms with Crippen LogP contribution in [0.15, 0.2) is 42.0 Å². The smallest absolute Gasteiger partial charge is 0.177 e. The van der Waals surface area contributed by atoms with Crippen LogP contribution in [0.5, 0.6) is 0 Å². The van der Waals surface area contributed by atoms with Crippen molar-refractivity contribution in [2.24, 2.45) is 5.10 Å². The van der Waals surface area contributed by atoms with E-state index in [1.54, 1.807) is 11.1 Å². The van der Waals surface area contributed by atoms with Gasteiger partial charge in [-0.3, -0.25) is 5.41 Å². The minimum atomic E-state index is 0.461. The molecule has 0 aliphatic carbocycles. The number of hydrogen-bond acceptors (Lipinski definition) is 3. The van der Waals surface area contributed by atoms with Crippen molar-refractivity contribution in [1.29, 1.82) is 5.41 Å². The summed E-state index contributed by atoms with van der Waals surface area (Å²) < 4.78 is 0. The summed E-state index contributed by atoms with van der Waals surface area (Å²) in [6.07, 6.45) is 1.74. The van der Waals surface area contributed by atoms with E-state index in [4.69, 9.17) is 17.0 Å². The first-order chi connectivity index (χ1) is 8.20. The first-order valence-corrected chi connectivity index (χ1v) is 6.50. The fraction of sp³-hybridized carbons (Fsp3) is 0.167. The molecule has 0 fully saturated rings. The van der Waals surface area contributed by atoms with Crippen LogP contribution in [0.25, 0.3) is 0 Å². The van der Waals surface area contributed by atoms with Gasteiger partial charge in [-0.2, -0.15) is 5.10 Å². The largest absolute Gasteiger partial charge is 0.277 e. The Morgan fingerprint density at radius 1 is 1.47 bits per heavy atom. The summed E-state index contributed by atoms with van der Waals surface area (Å²) >= 11 is 7.32. The highest BCUT2D eigenvalue weighted by Crippen LogP contribution is 2.19. The monoisotopic (exact) mass is 265 g/mol. The molecule has 1 heterocycles. The summed E-state index contributed by atoms with van der Waals surface area (Å²) in [5.74, 6) is 0.716. The summed E-state index contributed by atoms with van der Waals surface area (Å²) in [6, 6.07) is 7.59. The Hall–Kier alpha value is -1.26. The normalized spacial score (nSPS) is 15.7. The molecule has 0 spiro atoms. The maximum atomic E-state index is 7.75. The van der Waals surface area contributed by atoms with Gasteiger partial charge in [0.1, 0.15) is 0 Å². The highest BCUT2D eigenvalue weighted by atomic mass is 35.5. The van der Waals surface area contributed by atoms with Gasteiger partial charge in [-0.05, 0) is 17.7 Å². The molecule has 17 heavy (non-hydrogen) atoms. The third-order valence-electron chi connectivity index (χ3n) is 2.30. The van der Waals surface area contributed by atoms with Crippen molar-refractivity contribution < 1.29 is 0 Å². The highest BCUT2D eigenvalue weighted by Gasteiger charge is 2.17. The molecule has 5 heteroatoms. The first-order valence-electron chi connectivity index (χ1n) is 5.14. The second kappa shape index (κ2) is 5.38. The van der Waals surface area contributed by atoms with Gasteiger partial charge in [-0.15, -0.1) is 6.58 Å². The van der Waals surface area contributed by atoms with Gasteiger partial charge >= 0.3 is 0 Å². The summed E-state index contributed by atoms with van der Waals surface area (Å²) in [5.41, 5.74) is 2.01. The van der Waals surface area contributed by atoms with Gasteiger partial charge < -0.3 is 0 Å². The van der Waals surface area contributed by atoms with Crippen LogP contribution in [-0.4, -0.2) is 28.2 Å². The maximum absolute atomic E-state index is 7.75. The lowest BCUT2D eigenvalue weighted by Gasteiger charge is -2.24. The van der Waals surface area contributed by atoms with Crippen molar-refractivity contribution in [3.63, 3.8) is 0 Å². The quantitative estimate of drug-likeness (QED) is 0.853. The lowest BCUT2D eigenvalue weighted by atomic mass is 10.1. The van der Waals surface area contributed by atoms with Gasteiger partial charge in [0.25, 0.3) is 0 Å². The number of thioether (sulfide) groups is 1. The van der Waals surface area contributed by atoms with Crippen LogP contribution in [0.1, 0.15) is 5.56 Å². The Morgan fingerprint density at radius 3 is 2.82 bits per heavy atom. The van der Waals surface area contributed by atoms with Crippen LogP contribution in [0.3, 0.4) is 0 Å². The zero-order valence-corrected chi connectivity index (χ0v) is 10.8. The predicted molar refractivity (Wildman–Crippen MR) is 75.1 cm³/mol. The van der Waals surface area contributed by atoms with Crippen LogP contribution in [0.4, 0.5) is 0 Å². The van der Waals surface area contributed by atoms with Crippen molar-refractivity contribution in [1.82, 2.24) is 5.01 Å². The van der Waals surface area contributed by atoms with E-state index in [1.165, 1.54) is 11.8 Å². The number of amidine groups is 1. The fourth-order valence-electron chi connectivity index (χ4n) is 1.46. The SMILES string of the molecule is C=CCN1N=C(c2ccc(Cl)cc2)CSC1=N. The second-order valence-electron chi connectivity index (χ2n) is 3.52. The number of hydrazone groups is 1. The number of halogens is 1. The van der Waals surface area contributed by atoms with E-state index in [0.29, 0.717) is 22.5 Å². The van der Waals surface area contributed by atoms with E-state index in [0.717, 1.165) is 11.3 Å². The summed E-state index contributed by atoms with van der Waals surface area (Å²) in [4.78, 5) is 0. The van der Waals surface area contributed by atoms with E-state index >= 15 is 0 Å². The average molecular weight is 266 g/mol. The molecule has 3 nitrogen and oxygen atoms in total. The van der Waals surface area contributed by atoms with Crippen LogP contribution >= 0.6 is 23.4 Å². The van der Waals surface area contributed by atoms with Gasteiger partial charge in [0.15, 0.2) is 5.17 Å². The Morgan fingerprint density at radius 2 is 2.18 bits per heavy atom. The highest BCUT2D eigenvalue weighted by molar-refractivity contribution is 8.14. The molecular weight excluding hydrogens is 254 g/mol. The van der Waals surface area contributed by atoms with Gasteiger partial charge in [0.2, 0.25) is 0 Å². The van der Waals surface area contributed by atoms with Crippen LogP contribution in [0.2, 0.25) is 5.02 Å². The molecule has 1 aromatic rings. The number of hydrogen-bond donors (Lipinski definition) is 1. The number of benzene rings is 1. The fourth-order valence-corrected chi connectivity index (χ4v) is 2.35. The number of nitrogens with one attached hydrogen (secondary N) is 1. The zero-order chi connectivity index (χ0) is 12.3. The topological polar surface area (TPSA) is 39.5 Å². The van der Waals surface area contributed by atoms with E-state index in [-0.39, 0.29) is 0 Å². The molecule has 0 bridgehead atoms. The molecule has 88 valence electrons. The second-order valence-corrected chi connectivity index (χ2v) is 4.92. The Kier molecular flexibility index (Phi) is 3.86. The lowest BCUT2D eigenvalue weighted by molar-refractivity contribution is 0.500. The standard InChI is InChI=1S/C12H12ClN3S/c1-2-7-16-12(14)17-8-11(15-16)9-3-5-10(13)6-4-9/h2-6,14H,1,7-8H2. The molecule has 0 amide bonds. The van der Waals surface area contributed by atoms with Crippen molar-refractivity contribution in [3.05, 3.63) is 47.5 Å². The van der Waals surface area contributed by atoms with Crippen LogP contribution in [0, 0.1) is 5.41 Å². The Labute approximate surface area is 110 Å². The summed E-state index contributed by atoms with van der Waals surface area (Å²) in [5, 5.41) is 15.0. The van der Waals surface area contributed by atoms with Gasteiger partial charge in [0, 0.05) is 10.8 Å². The van der Waals surface area contributed by atoms with Crippen molar-refractivity contribution in [3.8, 4) is 0 Å². The Balaban J connectivity index is 2.26. The molecule has 0 aromatic heterocycles. The van der Waals surface area contributed by atoms with Crippen LogP contribution in [-0.2, 0) is 0 Å². The van der Waals surface area contributed by atoms with Crippen LogP contribution < -0.4 is 0 Å². The molecule has 2 rings (SSSR count). The van der Waals surface area contributed by atoms with E-state index in [9.17, 15) is 0 Å². The predicted octanol–water partition coefficient (Wildman–Crippen LogP) is 3.21. The molecule has 1 aliphatic heterocycles. The molecule has 0 radical (unpaired) electrons. The molecule has 0 saturated carbocycles. The van der Waals surface area contributed by atoms with Crippen molar-refractivity contribution >= 4 is 34.2 Å². The van der Waals surface area contributed by atoms with Crippen molar-refractivity contribution in [2.45, 2.75) is 0 Å². The summed E-state index contributed by atoms with van der Waals surface area (Å²) in [7, 11) is 0. The molecule has 1 aliphatic rings. The molecule has 0 saturated heterocycles. The van der Waals surface area contributed by atoms with E-state index in [1.807, 2.05) is 24.3 Å². The van der Waals surface area contributed by atoms with Gasteiger partial charge in [0.05, 0.1) is 12.3 Å². The van der Waals surface area contributed by atoms with Gasteiger partial charge in [-0.25, -0.2) is 5.01 Å². The Bertz CT molecular complexity index is 467.